The Kier molecular flexibility index (Phi) is 5.40. The van der Waals surface area contributed by atoms with Crippen molar-refractivity contribution in [3.63, 3.8) is 0 Å². The number of aryl methyl sites for hydroxylation is 1. The first kappa shape index (κ1) is 19.5. The summed E-state index contributed by atoms with van der Waals surface area (Å²) >= 11 is 0. The van der Waals surface area contributed by atoms with Crippen LogP contribution in [-0.2, 0) is 19.1 Å². The minimum atomic E-state index is -1.43. The number of fused-ring (bicyclic) bond motifs is 2. The molecule has 0 saturated carbocycles. The van der Waals surface area contributed by atoms with Crippen LogP contribution in [0.25, 0.3) is 0 Å². The first-order valence-electron chi connectivity index (χ1n) is 9.07. The molecule has 0 unspecified atom stereocenters. The monoisotopic (exact) mass is 380 g/mol. The summed E-state index contributed by atoms with van der Waals surface area (Å²) in [4.78, 5) is 51.4. The predicted molar refractivity (Wildman–Crippen MR) is 100 cm³/mol. The summed E-state index contributed by atoms with van der Waals surface area (Å²) < 4.78 is 10.1. The smallest absolute Gasteiger partial charge is 0.324 e. The Morgan fingerprint density at radius 1 is 0.821 bits per heavy atom. The lowest BCUT2D eigenvalue weighted by atomic mass is 9.77. The second-order valence-corrected chi connectivity index (χ2v) is 6.36. The molecule has 0 amide bonds. The van der Waals surface area contributed by atoms with Crippen molar-refractivity contribution in [1.82, 2.24) is 0 Å². The molecule has 1 aliphatic carbocycles. The lowest BCUT2D eigenvalue weighted by Crippen LogP contribution is -2.31. The number of ether oxygens (including phenoxy) is 2. The van der Waals surface area contributed by atoms with Crippen LogP contribution in [0.3, 0.4) is 0 Å². The molecule has 1 aliphatic rings. The Balaban J connectivity index is 2.27. The molecule has 144 valence electrons. The molecule has 0 atom stereocenters. The molecule has 0 aromatic heterocycles. The lowest BCUT2D eigenvalue weighted by molar-refractivity contribution is -0.157. The fraction of sp³-hybridized carbons (Fsp3) is 0.273. The van der Waals surface area contributed by atoms with E-state index in [4.69, 9.17) is 9.47 Å². The average molecular weight is 380 g/mol. The minimum absolute atomic E-state index is 0.0646. The van der Waals surface area contributed by atoms with Crippen LogP contribution in [0, 0.1) is 6.92 Å². The molecule has 0 N–H and O–H groups in total. The highest BCUT2D eigenvalue weighted by Crippen LogP contribution is 2.35. The SMILES string of the molecule is CCOC(=O)C(C(=O)OCC)c1c(C)ccc2c1C(=O)c1ccccc1C2=O. The van der Waals surface area contributed by atoms with Crippen molar-refractivity contribution in [2.75, 3.05) is 13.2 Å². The molecule has 2 aromatic rings. The fourth-order valence-corrected chi connectivity index (χ4v) is 3.47. The quantitative estimate of drug-likeness (QED) is 0.500. The van der Waals surface area contributed by atoms with Gasteiger partial charge in [0.15, 0.2) is 17.5 Å². The number of carbonyl (C=O) groups excluding carboxylic acids is 4. The summed E-state index contributed by atoms with van der Waals surface area (Å²) in [6.45, 7) is 5.06. The molecule has 0 spiro atoms. The molecule has 0 bridgehead atoms. The Hall–Kier alpha value is -3.28. The Bertz CT molecular complexity index is 971. The van der Waals surface area contributed by atoms with Crippen LogP contribution in [0.1, 0.15) is 62.7 Å². The maximum Gasteiger partial charge on any atom is 0.324 e. The van der Waals surface area contributed by atoms with E-state index >= 15 is 0 Å². The first-order valence-corrected chi connectivity index (χ1v) is 9.07. The van der Waals surface area contributed by atoms with Crippen molar-refractivity contribution in [3.8, 4) is 0 Å². The topological polar surface area (TPSA) is 86.7 Å². The lowest BCUT2D eigenvalue weighted by Gasteiger charge is -2.24. The van der Waals surface area contributed by atoms with Gasteiger partial charge < -0.3 is 9.47 Å². The molecule has 28 heavy (non-hydrogen) atoms. The molecular formula is C22H20O6. The highest BCUT2D eigenvalue weighted by atomic mass is 16.6. The molecule has 3 rings (SSSR count). The van der Waals surface area contributed by atoms with Gasteiger partial charge in [0.1, 0.15) is 0 Å². The van der Waals surface area contributed by atoms with Crippen LogP contribution >= 0.6 is 0 Å². The van der Waals surface area contributed by atoms with Crippen LogP contribution in [0.5, 0.6) is 0 Å². The average Bonchev–Trinajstić information content (AvgIpc) is 2.68. The summed E-state index contributed by atoms with van der Waals surface area (Å²) in [7, 11) is 0. The maximum atomic E-state index is 13.2. The fourth-order valence-electron chi connectivity index (χ4n) is 3.47. The normalized spacial score (nSPS) is 12.4. The van der Waals surface area contributed by atoms with Crippen molar-refractivity contribution in [3.05, 3.63) is 69.8 Å². The number of rotatable bonds is 5. The van der Waals surface area contributed by atoms with E-state index in [0.29, 0.717) is 11.1 Å². The largest absolute Gasteiger partial charge is 0.465 e. The van der Waals surface area contributed by atoms with Gasteiger partial charge in [-0.05, 0) is 31.9 Å². The van der Waals surface area contributed by atoms with Gasteiger partial charge in [0.05, 0.1) is 13.2 Å². The number of hydrogen-bond acceptors (Lipinski definition) is 6. The summed E-state index contributed by atoms with van der Waals surface area (Å²) in [6, 6.07) is 9.68. The Morgan fingerprint density at radius 2 is 1.36 bits per heavy atom. The standard InChI is InChI=1S/C22H20O6/c1-4-27-21(25)18(22(26)28-5-2)16-12(3)10-11-15-17(16)20(24)14-9-7-6-8-13(14)19(15)23/h6-11,18H,4-5H2,1-3H3. The molecule has 6 nitrogen and oxygen atoms in total. The van der Waals surface area contributed by atoms with E-state index in [2.05, 4.69) is 0 Å². The Labute approximate surface area is 162 Å². The first-order chi connectivity index (χ1) is 13.4. The van der Waals surface area contributed by atoms with E-state index in [-0.39, 0.29) is 41.3 Å². The van der Waals surface area contributed by atoms with Gasteiger partial charge in [0.25, 0.3) is 0 Å². The highest BCUT2D eigenvalue weighted by molar-refractivity contribution is 6.29. The van der Waals surface area contributed by atoms with E-state index in [9.17, 15) is 19.2 Å². The minimum Gasteiger partial charge on any atom is -0.465 e. The zero-order chi connectivity index (χ0) is 20.4. The van der Waals surface area contributed by atoms with Gasteiger partial charge in [-0.25, -0.2) is 0 Å². The third-order valence-electron chi connectivity index (χ3n) is 4.68. The van der Waals surface area contributed by atoms with Gasteiger partial charge in [0, 0.05) is 22.3 Å². The zero-order valence-electron chi connectivity index (χ0n) is 15.9. The number of hydrogen-bond donors (Lipinski definition) is 0. The summed E-state index contributed by atoms with van der Waals surface area (Å²) in [5.74, 6) is -3.77. The molecule has 6 heteroatoms. The van der Waals surface area contributed by atoms with E-state index in [1.807, 2.05) is 0 Å². The second-order valence-electron chi connectivity index (χ2n) is 6.36. The summed E-state index contributed by atoms with van der Waals surface area (Å²) in [5, 5.41) is 0. The highest BCUT2D eigenvalue weighted by Gasteiger charge is 2.40. The summed E-state index contributed by atoms with van der Waals surface area (Å²) in [5.41, 5.74) is 1.49. The number of esters is 2. The molecule has 0 aliphatic heterocycles. The Morgan fingerprint density at radius 3 is 1.89 bits per heavy atom. The van der Waals surface area contributed by atoms with E-state index in [1.165, 1.54) is 0 Å². The van der Waals surface area contributed by atoms with Gasteiger partial charge in [-0.3, -0.25) is 19.2 Å². The maximum absolute atomic E-state index is 13.2. The molecule has 0 radical (unpaired) electrons. The van der Waals surface area contributed by atoms with Crippen molar-refractivity contribution in [1.29, 1.82) is 0 Å². The molecular weight excluding hydrogens is 360 g/mol. The zero-order valence-corrected chi connectivity index (χ0v) is 15.9. The van der Waals surface area contributed by atoms with Crippen LogP contribution in [0.4, 0.5) is 0 Å². The second kappa shape index (κ2) is 7.76. The molecule has 0 saturated heterocycles. The van der Waals surface area contributed by atoms with E-state index in [0.717, 1.165) is 0 Å². The van der Waals surface area contributed by atoms with Crippen LogP contribution < -0.4 is 0 Å². The number of ketones is 2. The third kappa shape index (κ3) is 3.11. The molecule has 2 aromatic carbocycles. The van der Waals surface area contributed by atoms with E-state index in [1.54, 1.807) is 57.2 Å². The van der Waals surface area contributed by atoms with Crippen molar-refractivity contribution >= 4 is 23.5 Å². The number of carbonyl (C=O) groups is 4. The van der Waals surface area contributed by atoms with E-state index < -0.39 is 23.6 Å². The van der Waals surface area contributed by atoms with Gasteiger partial charge in [-0.15, -0.1) is 0 Å². The van der Waals surface area contributed by atoms with Gasteiger partial charge >= 0.3 is 11.9 Å². The van der Waals surface area contributed by atoms with Crippen LogP contribution in [0.2, 0.25) is 0 Å². The summed E-state index contributed by atoms with van der Waals surface area (Å²) in [6.07, 6.45) is 0. The van der Waals surface area contributed by atoms with Gasteiger partial charge in [-0.1, -0.05) is 36.4 Å². The van der Waals surface area contributed by atoms with Crippen molar-refractivity contribution < 1.29 is 28.7 Å². The molecule has 0 heterocycles. The van der Waals surface area contributed by atoms with Crippen LogP contribution in [0.15, 0.2) is 36.4 Å². The third-order valence-corrected chi connectivity index (χ3v) is 4.68. The predicted octanol–water partition coefficient (Wildman–Crippen LogP) is 2.98. The van der Waals surface area contributed by atoms with Crippen LogP contribution in [-0.4, -0.2) is 36.7 Å². The molecule has 0 fully saturated rings. The van der Waals surface area contributed by atoms with Crippen molar-refractivity contribution in [2.24, 2.45) is 0 Å². The van der Waals surface area contributed by atoms with Gasteiger partial charge in [-0.2, -0.15) is 0 Å². The van der Waals surface area contributed by atoms with Gasteiger partial charge in [0.2, 0.25) is 0 Å². The van der Waals surface area contributed by atoms with Crippen molar-refractivity contribution in [2.45, 2.75) is 26.7 Å². The number of benzene rings is 2.